The fourth-order valence-electron chi connectivity index (χ4n) is 5.27. The molecule has 0 spiro atoms. The number of aromatic nitrogens is 4. The summed E-state index contributed by atoms with van der Waals surface area (Å²) in [7, 11) is 0. The van der Waals surface area contributed by atoms with E-state index in [1.807, 2.05) is 78.9 Å². The number of rotatable bonds is 2. The van der Waals surface area contributed by atoms with Gasteiger partial charge < -0.3 is 28.3 Å². The van der Waals surface area contributed by atoms with E-state index in [1.54, 1.807) is 0 Å². The summed E-state index contributed by atoms with van der Waals surface area (Å²) < 4.78 is 22.8. The molecule has 0 aliphatic carbocycles. The van der Waals surface area contributed by atoms with Gasteiger partial charge in [-0.15, -0.1) is 0 Å². The van der Waals surface area contributed by atoms with Crippen molar-refractivity contribution in [1.82, 2.24) is 30.6 Å². The molecule has 12 nitrogen and oxygen atoms in total. The zero-order chi connectivity index (χ0) is 31.7. The Morgan fingerprint density at radius 2 is 1.15 bits per heavy atom. The van der Waals surface area contributed by atoms with E-state index >= 15 is 0 Å². The van der Waals surface area contributed by atoms with Gasteiger partial charge in [-0.05, 0) is 41.0 Å². The third-order valence-corrected chi connectivity index (χ3v) is 7.64. The van der Waals surface area contributed by atoms with Gasteiger partial charge in [0.1, 0.15) is 31.1 Å². The smallest absolute Gasteiger partial charge is 0.273 e. The summed E-state index contributed by atoms with van der Waals surface area (Å²) >= 11 is 0. The quantitative estimate of drug-likeness (QED) is 0.235. The zero-order valence-corrected chi connectivity index (χ0v) is 24.5. The number of hydrogen-bond acceptors (Lipinski definition) is 10. The minimum atomic E-state index is -0.929. The molecule has 1 aliphatic heterocycles. The van der Waals surface area contributed by atoms with Crippen LogP contribution in [0.3, 0.4) is 0 Å². The molecule has 2 N–H and O–H groups in total. The standard InChI is InChI=1S/C35H24N6O6/c42-30-26(12-20-6-2-1-3-7-20)38-31(43)27-17-47-35(39-27)29-19-46-33(41-29)24-11-5-9-22(14-24)21-8-4-10-23(13-21)32-40-28(18-45-32)34-37-25(15-36-30)16-44-34/h1-11,13-14,16-19,26H,12,15H2,(H,36,42)(H,38,43)/t26-/m0/s1. The first-order valence-corrected chi connectivity index (χ1v) is 14.7. The molecule has 0 saturated carbocycles. The first-order chi connectivity index (χ1) is 23.1. The van der Waals surface area contributed by atoms with Crippen molar-refractivity contribution < 1.29 is 27.3 Å². The minimum Gasteiger partial charge on any atom is -0.444 e. The molecule has 0 fully saturated rings. The molecule has 47 heavy (non-hydrogen) atoms. The van der Waals surface area contributed by atoms with Crippen LogP contribution in [-0.2, 0) is 17.8 Å². The SMILES string of the molecule is O=C1N[C@@H](Cc2ccccc2)C(=O)NCc2coc(n2)-c2coc(n2)-c2cccc(c2)-c2cccc(c2)-c2nc(co2)-c2nc1co2. The topological polar surface area (TPSA) is 162 Å². The highest BCUT2D eigenvalue weighted by Crippen LogP contribution is 2.31. The van der Waals surface area contributed by atoms with Crippen molar-refractivity contribution in [2.75, 3.05) is 0 Å². The number of benzene rings is 3. The van der Waals surface area contributed by atoms with E-state index in [9.17, 15) is 9.59 Å². The predicted molar refractivity (Wildman–Crippen MR) is 167 cm³/mol. The second-order valence-corrected chi connectivity index (χ2v) is 10.9. The Balaban J connectivity index is 1.17. The molecule has 230 valence electrons. The molecule has 2 amide bonds. The highest BCUT2D eigenvalue weighted by molar-refractivity contribution is 5.96. The Labute approximate surface area is 266 Å². The van der Waals surface area contributed by atoms with E-state index in [0.717, 1.165) is 27.8 Å². The lowest BCUT2D eigenvalue weighted by Gasteiger charge is -2.17. The van der Waals surface area contributed by atoms with Gasteiger partial charge in [-0.3, -0.25) is 9.59 Å². The fourth-order valence-corrected chi connectivity index (χ4v) is 5.27. The average molecular weight is 625 g/mol. The van der Waals surface area contributed by atoms with E-state index in [1.165, 1.54) is 25.1 Å². The second-order valence-electron chi connectivity index (χ2n) is 10.9. The van der Waals surface area contributed by atoms with Crippen LogP contribution in [-0.4, -0.2) is 37.8 Å². The fraction of sp³-hybridized carbons (Fsp3) is 0.0857. The lowest BCUT2D eigenvalue weighted by Crippen LogP contribution is -2.48. The van der Waals surface area contributed by atoms with Crippen LogP contribution in [0.1, 0.15) is 21.7 Å². The van der Waals surface area contributed by atoms with Crippen LogP contribution in [0.15, 0.2) is 122 Å². The summed E-state index contributed by atoms with van der Waals surface area (Å²) in [6, 6.07) is 23.9. The third kappa shape index (κ3) is 5.71. The van der Waals surface area contributed by atoms with Crippen LogP contribution in [0.4, 0.5) is 0 Å². The number of fused-ring (bicyclic) bond motifs is 17. The van der Waals surface area contributed by atoms with Crippen LogP contribution in [0.2, 0.25) is 0 Å². The second kappa shape index (κ2) is 11.7. The zero-order valence-electron chi connectivity index (χ0n) is 24.5. The molecular weight excluding hydrogens is 600 g/mol. The van der Waals surface area contributed by atoms with Crippen molar-refractivity contribution in [3.63, 3.8) is 0 Å². The molecule has 0 saturated heterocycles. The minimum absolute atomic E-state index is 0.0140. The molecule has 5 heterocycles. The van der Waals surface area contributed by atoms with Crippen LogP contribution in [0.5, 0.6) is 0 Å². The Bertz CT molecular complexity index is 2230. The van der Waals surface area contributed by atoms with Gasteiger partial charge in [0.15, 0.2) is 17.1 Å². The van der Waals surface area contributed by atoms with Crippen molar-refractivity contribution in [1.29, 1.82) is 0 Å². The van der Waals surface area contributed by atoms with Gasteiger partial charge in [-0.1, -0.05) is 54.6 Å². The van der Waals surface area contributed by atoms with Gasteiger partial charge in [-0.25, -0.2) is 19.9 Å². The molecular formula is C35H24N6O6. The van der Waals surface area contributed by atoms with Gasteiger partial charge in [0.05, 0.1) is 12.2 Å². The molecule has 0 radical (unpaired) electrons. The van der Waals surface area contributed by atoms with Gasteiger partial charge in [0, 0.05) is 17.5 Å². The highest BCUT2D eigenvalue weighted by atomic mass is 16.4. The number of amides is 2. The molecule has 3 aromatic carbocycles. The molecule has 7 aromatic rings. The van der Waals surface area contributed by atoms with Crippen molar-refractivity contribution in [2.45, 2.75) is 19.0 Å². The normalized spacial score (nSPS) is 14.6. The Hall–Kier alpha value is -6.56. The Morgan fingerprint density at radius 3 is 1.83 bits per heavy atom. The lowest BCUT2D eigenvalue weighted by molar-refractivity contribution is -0.123. The van der Waals surface area contributed by atoms with Gasteiger partial charge in [0.25, 0.3) is 5.91 Å². The molecule has 8 rings (SSSR count). The van der Waals surface area contributed by atoms with Crippen molar-refractivity contribution in [2.24, 2.45) is 0 Å². The average Bonchev–Trinajstić information content (AvgIpc) is 3.94. The molecule has 0 unspecified atom stereocenters. The van der Waals surface area contributed by atoms with Crippen molar-refractivity contribution >= 4 is 11.8 Å². The molecule has 1 aliphatic rings. The number of carbonyl (C=O) groups excluding carboxylic acids is 2. The van der Waals surface area contributed by atoms with Gasteiger partial charge in [-0.2, -0.15) is 0 Å². The largest absolute Gasteiger partial charge is 0.444 e. The van der Waals surface area contributed by atoms with E-state index in [4.69, 9.17) is 17.7 Å². The van der Waals surface area contributed by atoms with E-state index < -0.39 is 17.9 Å². The number of nitrogens with zero attached hydrogens (tertiary/aromatic N) is 4. The van der Waals surface area contributed by atoms with E-state index in [0.29, 0.717) is 28.9 Å². The number of oxazole rings is 4. The maximum absolute atomic E-state index is 13.4. The van der Waals surface area contributed by atoms with Crippen molar-refractivity contribution in [3.8, 4) is 57.2 Å². The van der Waals surface area contributed by atoms with Crippen LogP contribution < -0.4 is 10.6 Å². The molecule has 12 bridgehead atoms. The molecule has 12 heteroatoms. The van der Waals surface area contributed by atoms with Crippen molar-refractivity contribution in [3.05, 3.63) is 121 Å². The number of nitrogens with one attached hydrogen (secondary N) is 2. The Morgan fingerprint density at radius 1 is 0.596 bits per heavy atom. The summed E-state index contributed by atoms with van der Waals surface area (Å²) in [4.78, 5) is 44.7. The summed E-state index contributed by atoms with van der Waals surface area (Å²) in [5.74, 6) is 0.0665. The summed E-state index contributed by atoms with van der Waals surface area (Å²) in [6.45, 7) is 0.0535. The summed E-state index contributed by atoms with van der Waals surface area (Å²) in [5, 5.41) is 5.63. The first-order valence-electron chi connectivity index (χ1n) is 14.7. The maximum Gasteiger partial charge on any atom is 0.273 e. The van der Waals surface area contributed by atoms with Gasteiger partial charge >= 0.3 is 0 Å². The van der Waals surface area contributed by atoms with E-state index in [-0.39, 0.29) is 30.4 Å². The lowest BCUT2D eigenvalue weighted by atomic mass is 10.0. The first kappa shape index (κ1) is 28.0. The van der Waals surface area contributed by atoms with Crippen LogP contribution >= 0.6 is 0 Å². The Kier molecular flexibility index (Phi) is 6.98. The monoisotopic (exact) mass is 624 g/mol. The molecule has 1 atom stereocenters. The predicted octanol–water partition coefficient (Wildman–Crippen LogP) is 5.94. The number of carbonyl (C=O) groups is 2. The van der Waals surface area contributed by atoms with Crippen LogP contribution in [0.25, 0.3) is 57.2 Å². The molecule has 4 aromatic heterocycles. The third-order valence-electron chi connectivity index (χ3n) is 7.64. The number of hydrogen-bond donors (Lipinski definition) is 2. The summed E-state index contributed by atoms with van der Waals surface area (Å²) in [6.07, 6.45) is 5.78. The van der Waals surface area contributed by atoms with Gasteiger partial charge in [0.2, 0.25) is 29.5 Å². The highest BCUT2D eigenvalue weighted by Gasteiger charge is 2.25. The van der Waals surface area contributed by atoms with Crippen LogP contribution in [0, 0.1) is 0 Å². The van der Waals surface area contributed by atoms with E-state index in [2.05, 4.69) is 30.6 Å². The summed E-state index contributed by atoms with van der Waals surface area (Å²) in [5.41, 5.74) is 5.36. The maximum atomic E-state index is 13.4.